The van der Waals surface area contributed by atoms with Gasteiger partial charge in [-0.25, -0.2) is 4.79 Å². The molecule has 0 aliphatic carbocycles. The van der Waals surface area contributed by atoms with Gasteiger partial charge in [-0.15, -0.1) is 0 Å². The molecule has 1 amide bonds. The summed E-state index contributed by atoms with van der Waals surface area (Å²) in [6.45, 7) is 2.72. The van der Waals surface area contributed by atoms with E-state index < -0.39 is 6.09 Å². The highest BCUT2D eigenvalue weighted by Crippen LogP contribution is 2.25. The van der Waals surface area contributed by atoms with Crippen molar-refractivity contribution in [2.45, 2.75) is 122 Å². The molecule has 2 rings (SSSR count). The monoisotopic (exact) mass is 541 g/mol. The SMILES string of the molecule is CCCCCCCCCCCCCCCCCC(CCOc1ccc(Oc2ccc(O)cc2)cc1)NC(=O)O. The Morgan fingerprint density at radius 1 is 0.667 bits per heavy atom. The number of carbonyl (C=O) groups is 1. The molecule has 0 saturated heterocycles. The number of benzene rings is 2. The second-order valence-corrected chi connectivity index (χ2v) is 10.6. The van der Waals surface area contributed by atoms with Gasteiger partial charge in [-0.3, -0.25) is 0 Å². The molecule has 0 saturated carbocycles. The summed E-state index contributed by atoms with van der Waals surface area (Å²) in [5.74, 6) is 2.23. The van der Waals surface area contributed by atoms with Crippen LogP contribution in [-0.2, 0) is 0 Å². The normalized spacial score (nSPS) is 11.7. The summed E-state index contributed by atoms with van der Waals surface area (Å²) >= 11 is 0. The molecule has 0 aliphatic heterocycles. The van der Waals surface area contributed by atoms with E-state index in [1.165, 1.54) is 83.5 Å². The van der Waals surface area contributed by atoms with Gasteiger partial charge in [0.1, 0.15) is 23.0 Å². The number of rotatable bonds is 23. The zero-order chi connectivity index (χ0) is 28.0. The van der Waals surface area contributed by atoms with Crippen LogP contribution in [-0.4, -0.2) is 29.0 Å². The number of unbranched alkanes of at least 4 members (excludes halogenated alkanes) is 14. The molecule has 0 bridgehead atoms. The Morgan fingerprint density at radius 3 is 1.59 bits per heavy atom. The Morgan fingerprint density at radius 2 is 1.10 bits per heavy atom. The van der Waals surface area contributed by atoms with Crippen molar-refractivity contribution >= 4 is 6.09 Å². The van der Waals surface area contributed by atoms with Gasteiger partial charge in [0.05, 0.1) is 6.61 Å². The van der Waals surface area contributed by atoms with Crippen molar-refractivity contribution in [3.63, 3.8) is 0 Å². The lowest BCUT2D eigenvalue weighted by atomic mass is 10.0. The quantitative estimate of drug-likeness (QED) is 0.122. The lowest BCUT2D eigenvalue weighted by molar-refractivity contribution is 0.185. The van der Waals surface area contributed by atoms with Crippen LogP contribution in [0.2, 0.25) is 0 Å². The maximum atomic E-state index is 11.2. The summed E-state index contributed by atoms with van der Waals surface area (Å²) < 4.78 is 11.6. The number of amides is 1. The number of phenols is 1. The highest BCUT2D eigenvalue weighted by Gasteiger charge is 2.12. The predicted molar refractivity (Wildman–Crippen MR) is 159 cm³/mol. The smallest absolute Gasteiger partial charge is 0.404 e. The van der Waals surface area contributed by atoms with Gasteiger partial charge in [-0.2, -0.15) is 0 Å². The minimum Gasteiger partial charge on any atom is -0.508 e. The Bertz CT molecular complexity index is 869. The van der Waals surface area contributed by atoms with E-state index in [1.54, 1.807) is 24.3 Å². The molecule has 6 nitrogen and oxygen atoms in total. The largest absolute Gasteiger partial charge is 0.508 e. The highest BCUT2D eigenvalue weighted by molar-refractivity contribution is 5.64. The number of aromatic hydroxyl groups is 1. The second-order valence-electron chi connectivity index (χ2n) is 10.6. The number of phenolic OH excluding ortho intramolecular Hbond substituents is 1. The van der Waals surface area contributed by atoms with Crippen molar-refractivity contribution < 1.29 is 24.5 Å². The summed E-state index contributed by atoms with van der Waals surface area (Å²) in [6.07, 6.45) is 20.4. The Labute approximate surface area is 236 Å². The average Bonchev–Trinajstić information content (AvgIpc) is 2.92. The van der Waals surface area contributed by atoms with Gasteiger partial charge in [0.15, 0.2) is 0 Å². The van der Waals surface area contributed by atoms with Crippen LogP contribution in [0, 0.1) is 0 Å². The fraction of sp³-hybridized carbons (Fsp3) is 0.606. The average molecular weight is 542 g/mol. The summed E-state index contributed by atoms with van der Waals surface area (Å²) in [7, 11) is 0. The Balaban J connectivity index is 1.51. The van der Waals surface area contributed by atoms with Gasteiger partial charge in [0.25, 0.3) is 0 Å². The molecule has 0 heterocycles. The number of hydrogen-bond acceptors (Lipinski definition) is 4. The van der Waals surface area contributed by atoms with E-state index in [1.807, 2.05) is 24.3 Å². The Hall–Kier alpha value is -2.89. The maximum absolute atomic E-state index is 11.2. The van der Waals surface area contributed by atoms with Crippen molar-refractivity contribution in [1.82, 2.24) is 5.32 Å². The number of nitrogens with one attached hydrogen (secondary N) is 1. The molecule has 3 N–H and O–H groups in total. The molecule has 0 fully saturated rings. The van der Waals surface area contributed by atoms with Crippen LogP contribution in [0.5, 0.6) is 23.0 Å². The fourth-order valence-corrected chi connectivity index (χ4v) is 4.80. The zero-order valence-corrected chi connectivity index (χ0v) is 24.0. The molecule has 6 heteroatoms. The van der Waals surface area contributed by atoms with Crippen LogP contribution in [0.1, 0.15) is 116 Å². The lowest BCUT2D eigenvalue weighted by Gasteiger charge is -2.17. The van der Waals surface area contributed by atoms with Gasteiger partial charge in [0.2, 0.25) is 0 Å². The standard InChI is InChI=1S/C33H51NO5/c1-2-3-4-5-6-7-8-9-10-11-12-13-14-15-16-17-28(34-33(36)37)26-27-38-30-22-24-32(25-23-30)39-31-20-18-29(35)19-21-31/h18-25,28,34-35H,2-17,26-27H2,1H3,(H,36,37). The van der Waals surface area contributed by atoms with Crippen molar-refractivity contribution in [2.75, 3.05) is 6.61 Å². The Kier molecular flexibility index (Phi) is 17.4. The van der Waals surface area contributed by atoms with Gasteiger partial charge >= 0.3 is 6.09 Å². The van der Waals surface area contributed by atoms with E-state index in [2.05, 4.69) is 12.2 Å². The number of hydrogen-bond donors (Lipinski definition) is 3. The van der Waals surface area contributed by atoms with E-state index >= 15 is 0 Å². The molecule has 0 aliphatic rings. The van der Waals surface area contributed by atoms with Gasteiger partial charge < -0.3 is 25.0 Å². The topological polar surface area (TPSA) is 88.0 Å². The minimum absolute atomic E-state index is 0.0958. The third-order valence-electron chi connectivity index (χ3n) is 7.11. The molecule has 39 heavy (non-hydrogen) atoms. The predicted octanol–water partition coefficient (Wildman–Crippen LogP) is 9.85. The van der Waals surface area contributed by atoms with Crippen LogP contribution in [0.15, 0.2) is 48.5 Å². The number of carboxylic acid groups (broad SMARTS) is 1. The van der Waals surface area contributed by atoms with Crippen molar-refractivity contribution in [2.24, 2.45) is 0 Å². The third kappa shape index (κ3) is 16.6. The third-order valence-corrected chi connectivity index (χ3v) is 7.11. The molecule has 1 unspecified atom stereocenters. The second kappa shape index (κ2) is 21.0. The van der Waals surface area contributed by atoms with Crippen LogP contribution >= 0.6 is 0 Å². The van der Waals surface area contributed by atoms with Crippen LogP contribution in [0.3, 0.4) is 0 Å². The first-order valence-electron chi connectivity index (χ1n) is 15.3. The first kappa shape index (κ1) is 32.3. The molecule has 2 aromatic rings. The van der Waals surface area contributed by atoms with E-state index in [4.69, 9.17) is 9.47 Å². The summed E-state index contributed by atoms with van der Waals surface area (Å²) in [5, 5.41) is 21.2. The van der Waals surface area contributed by atoms with Crippen LogP contribution in [0.4, 0.5) is 4.79 Å². The highest BCUT2D eigenvalue weighted by atomic mass is 16.5. The summed E-state index contributed by atoms with van der Waals surface area (Å²) in [6, 6.07) is 13.8. The first-order valence-corrected chi connectivity index (χ1v) is 15.3. The molecule has 0 radical (unpaired) electrons. The maximum Gasteiger partial charge on any atom is 0.404 e. The minimum atomic E-state index is -0.975. The first-order chi connectivity index (χ1) is 19.1. The fourth-order valence-electron chi connectivity index (χ4n) is 4.80. The molecule has 218 valence electrons. The van der Waals surface area contributed by atoms with Gasteiger partial charge in [-0.1, -0.05) is 103 Å². The molecular weight excluding hydrogens is 490 g/mol. The lowest BCUT2D eigenvalue weighted by Crippen LogP contribution is -2.34. The van der Waals surface area contributed by atoms with Crippen LogP contribution in [0.25, 0.3) is 0 Å². The molecular formula is C33H51NO5. The van der Waals surface area contributed by atoms with E-state index in [9.17, 15) is 15.0 Å². The van der Waals surface area contributed by atoms with Crippen molar-refractivity contribution in [3.8, 4) is 23.0 Å². The van der Waals surface area contributed by atoms with E-state index in [0.29, 0.717) is 30.3 Å². The van der Waals surface area contributed by atoms with Crippen molar-refractivity contribution in [1.29, 1.82) is 0 Å². The van der Waals surface area contributed by atoms with Crippen molar-refractivity contribution in [3.05, 3.63) is 48.5 Å². The molecule has 2 aromatic carbocycles. The van der Waals surface area contributed by atoms with Gasteiger partial charge in [-0.05, 0) is 55.0 Å². The summed E-state index contributed by atoms with van der Waals surface area (Å²) in [4.78, 5) is 11.2. The van der Waals surface area contributed by atoms with Crippen LogP contribution < -0.4 is 14.8 Å². The molecule has 0 aromatic heterocycles. The number of ether oxygens (including phenoxy) is 2. The van der Waals surface area contributed by atoms with Gasteiger partial charge in [0, 0.05) is 12.5 Å². The van der Waals surface area contributed by atoms with E-state index in [0.717, 1.165) is 19.3 Å². The zero-order valence-electron chi connectivity index (χ0n) is 24.0. The molecule has 1 atom stereocenters. The summed E-state index contributed by atoms with van der Waals surface area (Å²) in [5.41, 5.74) is 0. The molecule has 0 spiro atoms. The van der Waals surface area contributed by atoms with E-state index in [-0.39, 0.29) is 11.8 Å².